The first-order chi connectivity index (χ1) is 16.8. The minimum absolute atomic E-state index is 0.174. The van der Waals surface area contributed by atoms with E-state index in [4.69, 9.17) is 28.2 Å². The smallest absolute Gasteiger partial charge is 0.254 e. The average Bonchev–Trinajstić information content (AvgIpc) is 3.57. The van der Waals surface area contributed by atoms with Gasteiger partial charge in [-0.3, -0.25) is 24.4 Å². The zero-order valence-electron chi connectivity index (χ0n) is 19.0. The first kappa shape index (κ1) is 22.7. The van der Waals surface area contributed by atoms with E-state index in [2.05, 4.69) is 4.98 Å². The summed E-state index contributed by atoms with van der Waals surface area (Å²) in [5, 5.41) is 0.505. The predicted molar refractivity (Wildman–Crippen MR) is 138 cm³/mol. The third-order valence-electron chi connectivity index (χ3n) is 7.39. The van der Waals surface area contributed by atoms with Crippen molar-refractivity contribution >= 4 is 57.4 Å². The van der Waals surface area contributed by atoms with E-state index in [0.29, 0.717) is 21.6 Å². The Bertz CT molecular complexity index is 1370. The first-order valence-corrected chi connectivity index (χ1v) is 12.7. The van der Waals surface area contributed by atoms with Crippen molar-refractivity contribution in [3.8, 4) is 0 Å². The molecular weight excluding hydrogens is 504 g/mol. The first-order valence-electron chi connectivity index (χ1n) is 11.1. The zero-order valence-corrected chi connectivity index (χ0v) is 21.4. The number of benzene rings is 1. The number of hydrogen-bond acceptors (Lipinski definition) is 7. The number of nitrogens with zero attached hydrogens (tertiary/aromatic N) is 4. The Hall–Kier alpha value is -2.72. The number of thioether (sulfide) groups is 1. The van der Waals surface area contributed by atoms with Crippen molar-refractivity contribution < 1.29 is 14.0 Å². The van der Waals surface area contributed by atoms with E-state index in [-0.39, 0.29) is 24.3 Å². The van der Waals surface area contributed by atoms with Gasteiger partial charge >= 0.3 is 0 Å². The Balaban J connectivity index is 1.62. The fourth-order valence-corrected chi connectivity index (χ4v) is 8.24. The molecule has 35 heavy (non-hydrogen) atoms. The summed E-state index contributed by atoms with van der Waals surface area (Å²) in [6.07, 6.45) is 5.04. The van der Waals surface area contributed by atoms with Crippen LogP contribution in [0.1, 0.15) is 22.8 Å². The van der Waals surface area contributed by atoms with E-state index >= 15 is 0 Å². The Morgan fingerprint density at radius 1 is 1.20 bits per heavy atom. The van der Waals surface area contributed by atoms with Crippen LogP contribution < -0.4 is 4.90 Å². The van der Waals surface area contributed by atoms with Crippen LogP contribution in [-0.2, 0) is 21.7 Å². The molecule has 2 fully saturated rings. The topological polar surface area (TPSA) is 69.9 Å². The average molecular weight is 525 g/mol. The van der Waals surface area contributed by atoms with E-state index in [1.54, 1.807) is 47.6 Å². The third kappa shape index (κ3) is 2.83. The maximum absolute atomic E-state index is 14.6. The van der Waals surface area contributed by atoms with Crippen LogP contribution in [0.15, 0.2) is 65.5 Å². The van der Waals surface area contributed by atoms with Crippen LogP contribution in [0, 0.1) is 0 Å². The van der Waals surface area contributed by atoms with Gasteiger partial charge in [-0.15, -0.1) is 0 Å². The number of fused-ring (bicyclic) bond motifs is 3. The fourth-order valence-electron chi connectivity index (χ4n) is 5.95. The summed E-state index contributed by atoms with van der Waals surface area (Å²) in [7, 11) is 3.64. The van der Waals surface area contributed by atoms with E-state index in [0.717, 1.165) is 16.8 Å². The van der Waals surface area contributed by atoms with Gasteiger partial charge in [-0.1, -0.05) is 41.6 Å². The highest BCUT2D eigenvalue weighted by Crippen LogP contribution is 2.66. The highest BCUT2D eigenvalue weighted by Gasteiger charge is 2.78. The molecule has 7 nitrogen and oxygen atoms in total. The molecule has 3 aromatic rings. The fraction of sp³-hybridized carbons (Fsp3) is 0.280. The SMILES string of the molecule is CN1C(=O)[C@]2(c3cc(Cl)ccc31)N(C)C[C@H](c1cccnc1)[C@]21SC(=S)N(Cc2ccco2)C1=O. The summed E-state index contributed by atoms with van der Waals surface area (Å²) >= 11 is 13.6. The number of hydrogen-bond donors (Lipinski definition) is 0. The van der Waals surface area contributed by atoms with Gasteiger partial charge in [0.1, 0.15) is 14.8 Å². The summed E-state index contributed by atoms with van der Waals surface area (Å²) in [6.45, 7) is 0.665. The van der Waals surface area contributed by atoms with E-state index in [9.17, 15) is 9.59 Å². The number of thiocarbonyl (C=S) groups is 1. The van der Waals surface area contributed by atoms with Gasteiger partial charge in [-0.05, 0) is 49.0 Å². The van der Waals surface area contributed by atoms with Gasteiger partial charge in [0.05, 0.1) is 12.8 Å². The standard InChI is InChI=1S/C25H21ClN4O3S2/c1-28-14-19(15-5-3-9-27-12-15)25(22(32)30(23(34)35-25)13-17-6-4-10-33-17)24(28)18-11-16(26)7-8-20(18)29(2)21(24)31/h3-12,19H,13-14H2,1-2H3/t19-,24+,25-/m1/s1. The molecule has 0 radical (unpaired) electrons. The van der Waals surface area contributed by atoms with Gasteiger partial charge in [0.25, 0.3) is 5.91 Å². The van der Waals surface area contributed by atoms with Crippen molar-refractivity contribution in [2.75, 3.05) is 25.5 Å². The molecule has 2 amide bonds. The van der Waals surface area contributed by atoms with Gasteiger partial charge in [-0.25, -0.2) is 0 Å². The molecule has 0 unspecified atom stereocenters. The third-order valence-corrected chi connectivity index (χ3v) is 9.57. The lowest BCUT2D eigenvalue weighted by molar-refractivity contribution is -0.139. The van der Waals surface area contributed by atoms with Gasteiger partial charge in [0, 0.05) is 48.2 Å². The Kier molecular flexibility index (Phi) is 5.12. The summed E-state index contributed by atoms with van der Waals surface area (Å²) in [5.41, 5.74) is 1.04. The number of likely N-dealkylation sites (N-methyl/N-ethyl adjacent to an activating group) is 2. The van der Waals surface area contributed by atoms with E-state index < -0.39 is 10.3 Å². The van der Waals surface area contributed by atoms with E-state index in [1.807, 2.05) is 42.3 Å². The second-order valence-electron chi connectivity index (χ2n) is 9.03. The number of rotatable bonds is 3. The van der Waals surface area contributed by atoms with Gasteiger partial charge in [0.15, 0.2) is 5.54 Å². The molecule has 1 aromatic carbocycles. The molecule has 3 aliphatic rings. The summed E-state index contributed by atoms with van der Waals surface area (Å²) < 4.78 is 4.69. The number of aromatic nitrogens is 1. The van der Waals surface area contributed by atoms with Crippen LogP contribution in [-0.4, -0.2) is 56.3 Å². The van der Waals surface area contributed by atoms with Crippen molar-refractivity contribution in [2.45, 2.75) is 22.7 Å². The van der Waals surface area contributed by atoms with Crippen molar-refractivity contribution in [1.82, 2.24) is 14.8 Å². The predicted octanol–water partition coefficient (Wildman–Crippen LogP) is 4.03. The molecule has 0 saturated carbocycles. The highest BCUT2D eigenvalue weighted by atomic mass is 35.5. The number of pyridine rings is 1. The lowest BCUT2D eigenvalue weighted by Gasteiger charge is -2.42. The molecule has 3 aliphatic heterocycles. The Morgan fingerprint density at radius 2 is 2.03 bits per heavy atom. The molecule has 0 aliphatic carbocycles. The van der Waals surface area contributed by atoms with Gasteiger partial charge < -0.3 is 9.32 Å². The normalized spacial score (nSPS) is 28.2. The minimum atomic E-state index is -1.30. The lowest BCUT2D eigenvalue weighted by Crippen LogP contribution is -2.62. The Labute approximate surface area is 217 Å². The molecule has 2 aromatic heterocycles. The van der Waals surface area contributed by atoms with Crippen molar-refractivity contribution in [3.05, 3.63) is 83.0 Å². The minimum Gasteiger partial charge on any atom is -0.467 e. The zero-order chi connectivity index (χ0) is 24.5. The summed E-state index contributed by atoms with van der Waals surface area (Å²) in [4.78, 5) is 38.4. The van der Waals surface area contributed by atoms with Gasteiger partial charge in [-0.2, -0.15) is 0 Å². The van der Waals surface area contributed by atoms with Crippen LogP contribution >= 0.6 is 35.6 Å². The van der Waals surface area contributed by atoms with E-state index in [1.165, 1.54) is 11.8 Å². The number of halogens is 1. The molecule has 2 saturated heterocycles. The van der Waals surface area contributed by atoms with Gasteiger partial charge in [0.2, 0.25) is 5.91 Å². The maximum atomic E-state index is 14.6. The summed E-state index contributed by atoms with van der Waals surface area (Å²) in [6, 6.07) is 12.8. The van der Waals surface area contributed by atoms with Crippen LogP contribution in [0.5, 0.6) is 0 Å². The molecule has 6 rings (SSSR count). The molecule has 2 spiro atoms. The second kappa shape index (κ2) is 7.89. The van der Waals surface area contributed by atoms with Crippen LogP contribution in [0.2, 0.25) is 5.02 Å². The highest BCUT2D eigenvalue weighted by molar-refractivity contribution is 8.25. The molecule has 178 valence electrons. The summed E-state index contributed by atoms with van der Waals surface area (Å²) in [5.74, 6) is -0.112. The number of anilines is 1. The molecule has 0 bridgehead atoms. The number of likely N-dealkylation sites (tertiary alicyclic amines) is 1. The molecular formula is C25H21ClN4O3S2. The number of amides is 2. The van der Waals surface area contributed by atoms with Crippen molar-refractivity contribution in [3.63, 3.8) is 0 Å². The second-order valence-corrected chi connectivity index (χ2v) is 11.3. The molecule has 0 N–H and O–H groups in total. The largest absolute Gasteiger partial charge is 0.467 e. The van der Waals surface area contributed by atoms with Crippen LogP contribution in [0.3, 0.4) is 0 Å². The molecule has 3 atom stereocenters. The molecule has 5 heterocycles. The lowest BCUT2D eigenvalue weighted by atomic mass is 9.72. The van der Waals surface area contributed by atoms with Crippen molar-refractivity contribution in [2.24, 2.45) is 0 Å². The number of carbonyl (C=O) groups excluding carboxylic acids is 2. The van der Waals surface area contributed by atoms with Crippen LogP contribution in [0.25, 0.3) is 0 Å². The monoisotopic (exact) mass is 524 g/mol. The van der Waals surface area contributed by atoms with Crippen molar-refractivity contribution in [1.29, 1.82) is 0 Å². The number of furan rings is 1. The van der Waals surface area contributed by atoms with Crippen LogP contribution in [0.4, 0.5) is 5.69 Å². The molecule has 10 heteroatoms. The maximum Gasteiger partial charge on any atom is 0.254 e. The Morgan fingerprint density at radius 3 is 2.74 bits per heavy atom. The number of carbonyl (C=O) groups is 2. The quantitative estimate of drug-likeness (QED) is 0.479.